The van der Waals surface area contributed by atoms with E-state index in [9.17, 15) is 13.3 Å². The minimum Gasteiger partial charge on any atom is -0.437 e. The summed E-state index contributed by atoms with van der Waals surface area (Å²) in [5.74, 6) is -0.188. The molecule has 0 radical (unpaired) electrons. The molecule has 0 saturated carbocycles. The van der Waals surface area contributed by atoms with Crippen molar-refractivity contribution in [3.05, 3.63) is 0 Å². The Hall–Kier alpha value is 0.738. The smallest absolute Gasteiger partial charge is 0.315 e. The molecule has 0 aromatic heterocycles. The van der Waals surface area contributed by atoms with Crippen LogP contribution in [0.1, 0.15) is 32.6 Å². The van der Waals surface area contributed by atoms with Gasteiger partial charge in [0.2, 0.25) is 0 Å². The number of unbranched alkanes of at least 4 members (excludes halogenated alkanes) is 2. The quantitative estimate of drug-likeness (QED) is 0.131. The topological polar surface area (TPSA) is 123 Å². The molecule has 0 aromatic rings. The first kappa shape index (κ1) is 33.7. The molecule has 0 rings (SSSR count). The lowest BCUT2D eigenvalue weighted by atomic mass is 10.3. The van der Waals surface area contributed by atoms with Gasteiger partial charge in [-0.25, -0.2) is 4.21 Å². The number of hydrogen-bond acceptors (Lipinski definition) is 6. The molecule has 8 nitrogen and oxygen atoms in total. The summed E-state index contributed by atoms with van der Waals surface area (Å²) in [5.41, 5.74) is 5.58. The van der Waals surface area contributed by atoms with E-state index in [0.29, 0.717) is 13.0 Å². The van der Waals surface area contributed by atoms with Crippen molar-refractivity contribution < 1.29 is 25.7 Å². The van der Waals surface area contributed by atoms with E-state index in [-0.39, 0.29) is 11.5 Å². The van der Waals surface area contributed by atoms with Crippen molar-refractivity contribution in [1.29, 1.82) is 0 Å². The van der Waals surface area contributed by atoms with Crippen molar-refractivity contribution in [2.75, 3.05) is 31.1 Å². The van der Waals surface area contributed by atoms with E-state index >= 15 is 0 Å². The second-order valence-corrected chi connectivity index (χ2v) is 31.2. The summed E-state index contributed by atoms with van der Waals surface area (Å²) < 4.78 is 52.1. The maximum absolute atomic E-state index is 12.0. The van der Waals surface area contributed by atoms with E-state index in [1.807, 2.05) is 0 Å². The zero-order valence-electron chi connectivity index (χ0n) is 22.8. The monoisotopic (exact) mass is 562 g/mol. The van der Waals surface area contributed by atoms with E-state index < -0.39 is 43.4 Å². The van der Waals surface area contributed by atoms with Crippen molar-refractivity contribution in [1.82, 2.24) is 5.32 Å². The van der Waals surface area contributed by atoms with E-state index in [4.69, 9.17) is 18.1 Å². The van der Waals surface area contributed by atoms with Crippen LogP contribution in [-0.4, -0.2) is 78.2 Å². The molecule has 13 heteroatoms. The molecule has 2 atom stereocenters. The fraction of sp³-hybridized carbons (Fsp3) is 1.00. The van der Waals surface area contributed by atoms with Crippen LogP contribution in [0.15, 0.2) is 0 Å². The molecule has 0 aliphatic carbocycles. The lowest BCUT2D eigenvalue weighted by molar-refractivity contribution is 0.314. The van der Waals surface area contributed by atoms with Gasteiger partial charge in [0.25, 0.3) is 0 Å². The Balaban J connectivity index is 5.31. The van der Waals surface area contributed by atoms with Crippen molar-refractivity contribution in [3.63, 3.8) is 0 Å². The minimum absolute atomic E-state index is 0.0668. The van der Waals surface area contributed by atoms with Crippen molar-refractivity contribution >= 4 is 43.4 Å². The highest BCUT2D eigenvalue weighted by atomic mass is 32.3. The van der Waals surface area contributed by atoms with Gasteiger partial charge in [-0.15, -0.1) is 0 Å². The Kier molecular flexibility index (Phi) is 13.6. The Morgan fingerprint density at radius 1 is 0.758 bits per heavy atom. The van der Waals surface area contributed by atoms with Crippen LogP contribution in [0.25, 0.3) is 0 Å². The fourth-order valence-corrected chi connectivity index (χ4v) is 23.4. The van der Waals surface area contributed by atoms with Crippen LogP contribution in [0, 0.1) is 0 Å². The molecule has 5 N–H and O–H groups in total. The van der Waals surface area contributed by atoms with Crippen LogP contribution in [-0.2, 0) is 22.0 Å². The first-order valence-corrected chi connectivity index (χ1v) is 26.4. The second-order valence-electron chi connectivity index (χ2n) is 11.4. The third-order valence-electron chi connectivity index (χ3n) is 5.05. The van der Waals surface area contributed by atoms with E-state index in [0.717, 1.165) is 44.4 Å². The van der Waals surface area contributed by atoms with Gasteiger partial charge >= 0.3 is 17.1 Å². The van der Waals surface area contributed by atoms with Crippen molar-refractivity contribution in [3.8, 4) is 0 Å². The van der Waals surface area contributed by atoms with Gasteiger partial charge in [0.1, 0.15) is 0 Å². The Labute approximate surface area is 207 Å². The Morgan fingerprint density at radius 2 is 1.24 bits per heavy atom. The lowest BCUT2D eigenvalue weighted by Crippen LogP contribution is -2.58. The van der Waals surface area contributed by atoms with Crippen LogP contribution in [0.2, 0.25) is 64.5 Å². The summed E-state index contributed by atoms with van der Waals surface area (Å²) in [5, 5.41) is 3.36. The van der Waals surface area contributed by atoms with Gasteiger partial charge in [0.05, 0.1) is 9.63 Å². The summed E-state index contributed by atoms with van der Waals surface area (Å²) in [4.78, 5) is 0. The maximum Gasteiger partial charge on any atom is 0.315 e. The van der Waals surface area contributed by atoms with E-state index in [1.165, 1.54) is 0 Å². The third-order valence-corrected chi connectivity index (χ3v) is 21.6. The first-order valence-electron chi connectivity index (χ1n) is 12.4. The highest BCUT2D eigenvalue weighted by Gasteiger charge is 2.46. The van der Waals surface area contributed by atoms with Crippen LogP contribution in [0.5, 0.6) is 0 Å². The molecule has 202 valence electrons. The standard InChI is InChI=1S/C20H54N2O6SSi4/c1-10-29(23,24,25)18-12-11-13-19-32(8,26-30(2,3)4)28-33(9,27-31(5,6)7)20-14-16-22-17-15-21/h22H,10-21H2,1-9H3,(H2,23,24,25). The summed E-state index contributed by atoms with van der Waals surface area (Å²) in [6.07, 6.45) is 3.09. The van der Waals surface area contributed by atoms with E-state index in [1.54, 1.807) is 6.92 Å². The predicted octanol–water partition coefficient (Wildman–Crippen LogP) is 4.74. The second kappa shape index (κ2) is 13.3. The minimum atomic E-state index is -4.43. The van der Waals surface area contributed by atoms with Crippen LogP contribution < -0.4 is 11.1 Å². The summed E-state index contributed by atoms with van der Waals surface area (Å²) >= 11 is 0. The number of rotatable bonds is 19. The molecule has 0 heterocycles. The molecular weight excluding hydrogens is 509 g/mol. The first-order chi connectivity index (χ1) is 14.7. The van der Waals surface area contributed by atoms with Crippen LogP contribution >= 0.6 is 0 Å². The zero-order chi connectivity index (χ0) is 26.1. The fourth-order valence-electron chi connectivity index (χ4n) is 3.92. The molecule has 0 spiro atoms. The van der Waals surface area contributed by atoms with Gasteiger partial charge in [-0.3, -0.25) is 0 Å². The molecule has 0 fully saturated rings. The number of hydrogen-bond donors (Lipinski definition) is 4. The van der Waals surface area contributed by atoms with Crippen LogP contribution in [0.3, 0.4) is 0 Å². The largest absolute Gasteiger partial charge is 0.437 e. The van der Waals surface area contributed by atoms with Gasteiger partial charge in [-0.2, -0.15) is 0 Å². The van der Waals surface area contributed by atoms with Gasteiger partial charge < -0.3 is 32.5 Å². The number of nitrogens with one attached hydrogen (secondary N) is 1. The average Bonchev–Trinajstić information content (AvgIpc) is 2.57. The third kappa shape index (κ3) is 17.8. The van der Waals surface area contributed by atoms with Crippen molar-refractivity contribution in [2.24, 2.45) is 5.73 Å². The van der Waals surface area contributed by atoms with Gasteiger partial charge in [-0.1, -0.05) is 19.8 Å². The molecule has 0 aromatic carbocycles. The SMILES string of the molecule is CCS(=O)(O)(O)CCCCC[Si](C)(O[Si](C)(C)C)O[Si](C)(CCCNCCN)O[Si](C)(C)C. The molecule has 2 unspecified atom stereocenters. The number of nitrogens with two attached hydrogens (primary N) is 1. The van der Waals surface area contributed by atoms with Gasteiger partial charge in [0.15, 0.2) is 16.6 Å². The molecule has 0 bridgehead atoms. The molecule has 0 aliphatic heterocycles. The zero-order valence-corrected chi connectivity index (χ0v) is 27.6. The lowest BCUT2D eigenvalue weighted by Gasteiger charge is -2.43. The van der Waals surface area contributed by atoms with Crippen LogP contribution in [0.4, 0.5) is 0 Å². The van der Waals surface area contributed by atoms with E-state index in [2.05, 4.69) is 57.7 Å². The molecule has 0 aliphatic rings. The maximum atomic E-state index is 12.0. The Bertz CT molecular complexity index is 641. The van der Waals surface area contributed by atoms with Gasteiger partial charge in [0, 0.05) is 24.6 Å². The Morgan fingerprint density at radius 3 is 1.67 bits per heavy atom. The molecule has 0 saturated heterocycles. The van der Waals surface area contributed by atoms with Gasteiger partial charge in [-0.05, 0) is 83.9 Å². The highest BCUT2D eigenvalue weighted by molar-refractivity contribution is 8.10. The molecule has 0 amide bonds. The summed E-state index contributed by atoms with van der Waals surface area (Å²) in [7, 11) is -13.1. The summed E-state index contributed by atoms with van der Waals surface area (Å²) in [6, 6.07) is 1.72. The molecular formula is C20H54N2O6SSi4. The highest BCUT2D eigenvalue weighted by Crippen LogP contribution is 2.31. The predicted molar refractivity (Wildman–Crippen MR) is 152 cm³/mol. The molecule has 33 heavy (non-hydrogen) atoms. The normalized spacial score (nSPS) is 18.4. The van der Waals surface area contributed by atoms with Crippen molar-refractivity contribution in [2.45, 2.75) is 97.1 Å². The average molecular weight is 563 g/mol. The summed E-state index contributed by atoms with van der Waals surface area (Å²) in [6.45, 7) is 21.4.